The number of aryl methyl sites for hydroxylation is 1. The van der Waals surface area contributed by atoms with E-state index in [0.29, 0.717) is 30.0 Å². The van der Waals surface area contributed by atoms with Crippen molar-refractivity contribution >= 4 is 27.3 Å². The van der Waals surface area contributed by atoms with E-state index in [4.69, 9.17) is 0 Å². The van der Waals surface area contributed by atoms with Crippen LogP contribution in [-0.4, -0.2) is 47.7 Å². The summed E-state index contributed by atoms with van der Waals surface area (Å²) in [6.07, 6.45) is 2.00. The van der Waals surface area contributed by atoms with Crippen molar-refractivity contribution in [1.82, 2.24) is 14.5 Å². The van der Waals surface area contributed by atoms with E-state index in [1.165, 1.54) is 0 Å². The molecule has 1 aliphatic rings. The Kier molecular flexibility index (Phi) is 5.48. The van der Waals surface area contributed by atoms with Gasteiger partial charge in [0.05, 0.1) is 16.7 Å². The van der Waals surface area contributed by atoms with Crippen LogP contribution in [0.3, 0.4) is 0 Å². The summed E-state index contributed by atoms with van der Waals surface area (Å²) in [6.45, 7) is 2.66. The van der Waals surface area contributed by atoms with Gasteiger partial charge in [0, 0.05) is 13.1 Å². The van der Waals surface area contributed by atoms with Crippen molar-refractivity contribution in [3.8, 4) is 0 Å². The van der Waals surface area contributed by atoms with E-state index < -0.39 is 15.1 Å². The highest BCUT2D eigenvalue weighted by Gasteiger charge is 2.33. The van der Waals surface area contributed by atoms with Crippen LogP contribution in [0.15, 0.2) is 30.3 Å². The number of nitrogens with zero attached hydrogens (tertiary/aromatic N) is 3. The molecule has 134 valence electrons. The number of benzene rings is 1. The fourth-order valence-corrected chi connectivity index (χ4v) is 5.58. The average molecular weight is 380 g/mol. The molecule has 8 heteroatoms. The fourth-order valence-electron chi connectivity index (χ4n) is 3.10. The molecule has 1 atom stereocenters. The molecule has 0 spiro atoms. The Hall–Kier alpha value is -1.80. The second-order valence-electron chi connectivity index (χ2n) is 6.15. The SMILES string of the molecule is CCCc1nnsc1C(=O)N1CCC(c2ccccc2)S(=O)(=O)CC1. The van der Waals surface area contributed by atoms with Gasteiger partial charge in [-0.25, -0.2) is 8.42 Å². The van der Waals surface area contributed by atoms with Crippen molar-refractivity contribution < 1.29 is 13.2 Å². The highest BCUT2D eigenvalue weighted by Crippen LogP contribution is 2.30. The topological polar surface area (TPSA) is 80.2 Å². The molecule has 1 aromatic carbocycles. The van der Waals surface area contributed by atoms with Crippen molar-refractivity contribution in [2.24, 2.45) is 0 Å². The van der Waals surface area contributed by atoms with Crippen LogP contribution in [0, 0.1) is 0 Å². The van der Waals surface area contributed by atoms with Gasteiger partial charge in [0.2, 0.25) is 0 Å². The zero-order valence-corrected chi connectivity index (χ0v) is 15.7. The van der Waals surface area contributed by atoms with E-state index in [2.05, 4.69) is 9.59 Å². The molecule has 0 saturated carbocycles. The van der Waals surface area contributed by atoms with E-state index in [1.54, 1.807) is 4.90 Å². The van der Waals surface area contributed by atoms with Crippen LogP contribution in [-0.2, 0) is 16.3 Å². The summed E-state index contributed by atoms with van der Waals surface area (Å²) >= 11 is 1.09. The van der Waals surface area contributed by atoms with Gasteiger partial charge < -0.3 is 4.90 Å². The summed E-state index contributed by atoms with van der Waals surface area (Å²) in [4.78, 5) is 15.0. The third-order valence-corrected chi connectivity index (χ3v) is 7.32. The maximum absolute atomic E-state index is 12.8. The first-order valence-corrected chi connectivity index (χ1v) is 10.9. The molecule has 2 heterocycles. The lowest BCUT2D eigenvalue weighted by atomic mass is 10.1. The lowest BCUT2D eigenvalue weighted by Gasteiger charge is -2.19. The molecular formula is C17H21N3O3S2. The van der Waals surface area contributed by atoms with Gasteiger partial charge in [0.15, 0.2) is 9.84 Å². The smallest absolute Gasteiger partial charge is 0.267 e. The summed E-state index contributed by atoms with van der Waals surface area (Å²) in [5.74, 6) is -0.171. The first kappa shape index (κ1) is 18.0. The van der Waals surface area contributed by atoms with Crippen molar-refractivity contribution in [2.75, 3.05) is 18.8 Å². The van der Waals surface area contributed by atoms with Crippen LogP contribution < -0.4 is 0 Å². The molecule has 1 aliphatic heterocycles. The quantitative estimate of drug-likeness (QED) is 0.815. The van der Waals surface area contributed by atoms with E-state index in [9.17, 15) is 13.2 Å². The Balaban J connectivity index is 1.81. The molecule has 0 aliphatic carbocycles. The standard InChI is InChI=1S/C17H21N3O3S2/c1-2-6-14-16(24-19-18-14)17(21)20-10-9-15(25(22,23)12-11-20)13-7-4-3-5-8-13/h3-5,7-8,15H,2,6,9-12H2,1H3. The Morgan fingerprint density at radius 3 is 2.76 bits per heavy atom. The average Bonchev–Trinajstić information content (AvgIpc) is 3.00. The van der Waals surface area contributed by atoms with E-state index in [0.717, 1.165) is 23.5 Å². The minimum absolute atomic E-state index is 0.0202. The number of sulfone groups is 1. The summed E-state index contributed by atoms with van der Waals surface area (Å²) in [5, 5.41) is 3.48. The number of rotatable bonds is 4. The lowest BCUT2D eigenvalue weighted by Crippen LogP contribution is -2.33. The zero-order valence-electron chi connectivity index (χ0n) is 14.1. The Morgan fingerprint density at radius 1 is 1.28 bits per heavy atom. The number of amides is 1. The van der Waals surface area contributed by atoms with Crippen molar-refractivity contribution in [3.05, 3.63) is 46.5 Å². The van der Waals surface area contributed by atoms with Crippen molar-refractivity contribution in [1.29, 1.82) is 0 Å². The highest BCUT2D eigenvalue weighted by atomic mass is 32.2. The summed E-state index contributed by atoms with van der Waals surface area (Å²) in [6, 6.07) is 9.24. The largest absolute Gasteiger partial charge is 0.337 e. The van der Waals surface area contributed by atoms with Gasteiger partial charge in [-0.3, -0.25) is 4.79 Å². The normalized spacial score (nSPS) is 20.2. The van der Waals surface area contributed by atoms with Crippen LogP contribution >= 0.6 is 11.5 Å². The minimum atomic E-state index is -3.29. The molecule has 1 unspecified atom stereocenters. The molecule has 1 aromatic heterocycles. The van der Waals surface area contributed by atoms with Crippen LogP contribution in [0.5, 0.6) is 0 Å². The molecule has 3 rings (SSSR count). The van der Waals surface area contributed by atoms with Crippen molar-refractivity contribution in [3.63, 3.8) is 0 Å². The molecule has 0 bridgehead atoms. The second kappa shape index (κ2) is 7.61. The molecule has 0 N–H and O–H groups in total. The van der Waals surface area contributed by atoms with Gasteiger partial charge in [-0.2, -0.15) is 0 Å². The number of carbonyl (C=O) groups excluding carboxylic acids is 1. The lowest BCUT2D eigenvalue weighted by molar-refractivity contribution is 0.0770. The number of aromatic nitrogens is 2. The molecule has 1 fully saturated rings. The molecule has 25 heavy (non-hydrogen) atoms. The molecule has 1 amide bonds. The minimum Gasteiger partial charge on any atom is -0.337 e. The molecule has 2 aromatic rings. The van der Waals surface area contributed by atoms with Crippen LogP contribution in [0.1, 0.15) is 45.9 Å². The number of hydrogen-bond acceptors (Lipinski definition) is 6. The molecule has 6 nitrogen and oxygen atoms in total. The van der Waals surface area contributed by atoms with Crippen LogP contribution in [0.25, 0.3) is 0 Å². The predicted octanol–water partition coefficient (Wildman–Crippen LogP) is 2.49. The Bertz CT molecular complexity index is 834. The monoisotopic (exact) mass is 379 g/mol. The van der Waals surface area contributed by atoms with Gasteiger partial charge in [0.1, 0.15) is 4.88 Å². The van der Waals surface area contributed by atoms with Gasteiger partial charge in [0.25, 0.3) is 5.91 Å². The Morgan fingerprint density at radius 2 is 2.04 bits per heavy atom. The van der Waals surface area contributed by atoms with Gasteiger partial charge in [-0.15, -0.1) is 5.10 Å². The summed E-state index contributed by atoms with van der Waals surface area (Å²) < 4.78 is 29.2. The first-order valence-electron chi connectivity index (χ1n) is 8.40. The summed E-state index contributed by atoms with van der Waals surface area (Å²) in [7, 11) is -3.29. The Labute approximate surface area is 152 Å². The zero-order chi connectivity index (χ0) is 17.9. The molecular weight excluding hydrogens is 358 g/mol. The highest BCUT2D eigenvalue weighted by molar-refractivity contribution is 7.91. The van der Waals surface area contributed by atoms with Gasteiger partial charge in [-0.05, 0) is 29.9 Å². The van der Waals surface area contributed by atoms with Crippen LogP contribution in [0.4, 0.5) is 0 Å². The van der Waals surface area contributed by atoms with Crippen molar-refractivity contribution in [2.45, 2.75) is 31.4 Å². The third kappa shape index (κ3) is 3.90. The number of hydrogen-bond donors (Lipinski definition) is 0. The van der Waals surface area contributed by atoms with E-state index >= 15 is 0 Å². The fraction of sp³-hybridized carbons (Fsp3) is 0.471. The molecule has 0 radical (unpaired) electrons. The maximum atomic E-state index is 12.8. The second-order valence-corrected chi connectivity index (χ2v) is 9.20. The van der Waals surface area contributed by atoms with E-state index in [1.807, 2.05) is 37.3 Å². The van der Waals surface area contributed by atoms with Gasteiger partial charge in [-0.1, -0.05) is 48.2 Å². The third-order valence-electron chi connectivity index (χ3n) is 4.44. The van der Waals surface area contributed by atoms with E-state index in [-0.39, 0.29) is 18.2 Å². The van der Waals surface area contributed by atoms with Crippen LogP contribution in [0.2, 0.25) is 0 Å². The van der Waals surface area contributed by atoms with Gasteiger partial charge >= 0.3 is 0 Å². The predicted molar refractivity (Wildman–Crippen MR) is 97.4 cm³/mol. The molecule has 1 saturated heterocycles. The summed E-state index contributed by atoms with van der Waals surface area (Å²) in [5.41, 5.74) is 1.51. The number of carbonyl (C=O) groups is 1. The maximum Gasteiger partial charge on any atom is 0.267 e. The first-order chi connectivity index (χ1) is 12.0.